The molecule has 8 heteroatoms. The number of aromatic nitrogens is 3. The molecule has 2 aromatic rings. The highest BCUT2D eigenvalue weighted by Gasteiger charge is 2.13. The molecule has 0 bridgehead atoms. The lowest BCUT2D eigenvalue weighted by molar-refractivity contribution is 0.595. The molecule has 15 heavy (non-hydrogen) atoms. The zero-order chi connectivity index (χ0) is 11.2. The third-order valence-electron chi connectivity index (χ3n) is 1.76. The average Bonchev–Trinajstić information content (AvgIpc) is 2.47. The molecule has 80 valence electrons. The van der Waals surface area contributed by atoms with Crippen molar-refractivity contribution in [3.8, 4) is 0 Å². The molecule has 0 unspecified atom stereocenters. The summed E-state index contributed by atoms with van der Waals surface area (Å²) in [6.45, 7) is 0. The minimum Gasteiger partial charge on any atom is -0.234 e. The van der Waals surface area contributed by atoms with E-state index in [1.54, 1.807) is 6.07 Å². The van der Waals surface area contributed by atoms with E-state index in [4.69, 9.17) is 11.6 Å². The molecule has 0 aliphatic rings. The van der Waals surface area contributed by atoms with Gasteiger partial charge in [0.25, 0.3) is 0 Å². The zero-order valence-electron chi connectivity index (χ0n) is 7.48. The van der Waals surface area contributed by atoms with Crippen LogP contribution in [0.3, 0.4) is 0 Å². The summed E-state index contributed by atoms with van der Waals surface area (Å²) in [4.78, 5) is 7.99. The van der Waals surface area contributed by atoms with Gasteiger partial charge in [-0.15, -0.1) is 0 Å². The predicted octanol–water partition coefficient (Wildman–Crippen LogP) is 1.65. The highest BCUT2D eigenvalue weighted by molar-refractivity contribution is 9.10. The summed E-state index contributed by atoms with van der Waals surface area (Å²) in [7, 11) is -3.38. The summed E-state index contributed by atoms with van der Waals surface area (Å²) in [5.74, 6) is 0. The van der Waals surface area contributed by atoms with Crippen LogP contribution in [0, 0.1) is 0 Å². The molecule has 0 spiro atoms. The van der Waals surface area contributed by atoms with Crippen molar-refractivity contribution in [2.75, 3.05) is 6.26 Å². The van der Waals surface area contributed by atoms with Gasteiger partial charge in [-0.1, -0.05) is 11.6 Å². The van der Waals surface area contributed by atoms with E-state index < -0.39 is 10.0 Å². The molecular weight excluding hydrogens is 306 g/mol. The Kier molecular flexibility index (Phi) is 2.48. The van der Waals surface area contributed by atoms with Crippen LogP contribution in [0.5, 0.6) is 0 Å². The number of nitrogens with zero attached hydrogens (tertiary/aromatic N) is 3. The fourth-order valence-corrected chi connectivity index (χ4v) is 2.28. The fourth-order valence-electron chi connectivity index (χ4n) is 1.15. The molecule has 0 amide bonds. The van der Waals surface area contributed by atoms with Crippen molar-refractivity contribution in [2.24, 2.45) is 0 Å². The molecule has 5 nitrogen and oxygen atoms in total. The summed E-state index contributed by atoms with van der Waals surface area (Å²) in [5, 5.41) is 0.131. The van der Waals surface area contributed by atoms with Gasteiger partial charge in [-0.3, -0.25) is 0 Å². The lowest BCUT2D eigenvalue weighted by atomic mass is 10.5. The first kappa shape index (κ1) is 10.8. The Morgan fingerprint density at radius 3 is 2.73 bits per heavy atom. The minimum absolute atomic E-state index is 0.131. The Labute approximate surface area is 99.3 Å². The van der Waals surface area contributed by atoms with E-state index in [1.807, 2.05) is 0 Å². The third-order valence-corrected chi connectivity index (χ3v) is 3.81. The van der Waals surface area contributed by atoms with E-state index >= 15 is 0 Å². The average molecular weight is 311 g/mol. The van der Waals surface area contributed by atoms with Crippen molar-refractivity contribution >= 4 is 48.7 Å². The molecule has 2 heterocycles. The van der Waals surface area contributed by atoms with E-state index in [0.29, 0.717) is 10.1 Å². The summed E-state index contributed by atoms with van der Waals surface area (Å²) in [6.07, 6.45) is 2.48. The van der Waals surface area contributed by atoms with E-state index in [2.05, 4.69) is 25.9 Å². The highest BCUT2D eigenvalue weighted by Crippen LogP contribution is 2.22. The lowest BCUT2D eigenvalue weighted by Crippen LogP contribution is -2.09. The van der Waals surface area contributed by atoms with Crippen molar-refractivity contribution in [3.05, 3.63) is 22.0 Å². The van der Waals surface area contributed by atoms with Crippen LogP contribution in [0.15, 0.2) is 16.9 Å². The van der Waals surface area contributed by atoms with Gasteiger partial charge in [0.1, 0.15) is 10.1 Å². The predicted molar refractivity (Wildman–Crippen MR) is 60.5 cm³/mol. The van der Waals surface area contributed by atoms with Crippen molar-refractivity contribution in [1.29, 1.82) is 0 Å². The molecule has 0 atom stereocenters. The van der Waals surface area contributed by atoms with Gasteiger partial charge in [-0.2, -0.15) is 0 Å². The van der Waals surface area contributed by atoms with Gasteiger partial charge in [0, 0.05) is 6.20 Å². The monoisotopic (exact) mass is 309 g/mol. The van der Waals surface area contributed by atoms with E-state index in [0.717, 1.165) is 10.2 Å². The van der Waals surface area contributed by atoms with E-state index in [1.165, 1.54) is 6.20 Å². The largest absolute Gasteiger partial charge is 0.237 e. The summed E-state index contributed by atoms with van der Waals surface area (Å²) in [5.41, 5.74) is 0.697. The van der Waals surface area contributed by atoms with Gasteiger partial charge in [-0.05, 0) is 22.0 Å². The first-order valence-electron chi connectivity index (χ1n) is 3.80. The zero-order valence-corrected chi connectivity index (χ0v) is 10.6. The molecular formula is C7H5BrClN3O2S. The minimum atomic E-state index is -3.38. The molecule has 0 N–H and O–H groups in total. The van der Waals surface area contributed by atoms with Crippen LogP contribution in [-0.2, 0) is 10.0 Å². The molecule has 0 fully saturated rings. The number of hydrogen-bond donors (Lipinski definition) is 0. The van der Waals surface area contributed by atoms with Gasteiger partial charge in [0.15, 0.2) is 10.8 Å². The number of rotatable bonds is 1. The SMILES string of the molecule is CS(=O)(=O)n1ccc2nc(Br)c(Cl)nc21. The van der Waals surface area contributed by atoms with Crippen LogP contribution in [-0.4, -0.2) is 28.6 Å². The maximum atomic E-state index is 11.3. The number of halogens is 2. The van der Waals surface area contributed by atoms with Crippen LogP contribution in [0.2, 0.25) is 5.15 Å². The Bertz CT molecular complexity index is 637. The van der Waals surface area contributed by atoms with Gasteiger partial charge >= 0.3 is 0 Å². The number of hydrogen-bond acceptors (Lipinski definition) is 4. The van der Waals surface area contributed by atoms with Crippen LogP contribution < -0.4 is 0 Å². The normalized spacial score (nSPS) is 12.2. The molecule has 0 aromatic carbocycles. The van der Waals surface area contributed by atoms with Crippen LogP contribution in [0.4, 0.5) is 0 Å². The Balaban J connectivity index is 2.87. The summed E-state index contributed by atoms with van der Waals surface area (Å²) in [6, 6.07) is 1.56. The summed E-state index contributed by atoms with van der Waals surface area (Å²) >= 11 is 8.85. The highest BCUT2D eigenvalue weighted by atomic mass is 79.9. The molecule has 0 radical (unpaired) electrons. The fraction of sp³-hybridized carbons (Fsp3) is 0.143. The van der Waals surface area contributed by atoms with Crippen molar-refractivity contribution in [2.45, 2.75) is 0 Å². The van der Waals surface area contributed by atoms with E-state index in [-0.39, 0.29) is 10.8 Å². The van der Waals surface area contributed by atoms with Crippen LogP contribution in [0.1, 0.15) is 0 Å². The van der Waals surface area contributed by atoms with Gasteiger partial charge in [0.2, 0.25) is 10.0 Å². The van der Waals surface area contributed by atoms with Crippen molar-refractivity contribution in [3.63, 3.8) is 0 Å². The maximum Gasteiger partial charge on any atom is 0.237 e. The second-order valence-electron chi connectivity index (χ2n) is 2.89. The quantitative estimate of drug-likeness (QED) is 0.803. The number of fused-ring (bicyclic) bond motifs is 1. The standard InChI is InChI=1S/C7H5BrClN3O2S/c1-15(13,14)12-3-2-4-7(12)11-6(9)5(8)10-4/h2-3H,1H3. The molecule has 0 saturated heterocycles. The first-order valence-corrected chi connectivity index (χ1v) is 6.82. The molecule has 2 rings (SSSR count). The maximum absolute atomic E-state index is 11.3. The first-order chi connectivity index (χ1) is 6.89. The topological polar surface area (TPSA) is 64.8 Å². The Hall–Kier alpha value is -0.660. The van der Waals surface area contributed by atoms with Gasteiger partial charge < -0.3 is 0 Å². The molecule has 0 aliphatic carbocycles. The second kappa shape index (κ2) is 3.43. The van der Waals surface area contributed by atoms with Crippen LogP contribution in [0.25, 0.3) is 11.2 Å². The molecule has 2 aromatic heterocycles. The molecule has 0 aliphatic heterocycles. The second-order valence-corrected chi connectivity index (χ2v) is 5.86. The lowest BCUT2D eigenvalue weighted by Gasteiger charge is -2.01. The Morgan fingerprint density at radius 2 is 2.13 bits per heavy atom. The smallest absolute Gasteiger partial charge is 0.234 e. The van der Waals surface area contributed by atoms with E-state index in [9.17, 15) is 8.42 Å². The molecule has 0 saturated carbocycles. The van der Waals surface area contributed by atoms with Gasteiger partial charge in [-0.25, -0.2) is 22.4 Å². The third kappa shape index (κ3) is 1.86. The van der Waals surface area contributed by atoms with Crippen molar-refractivity contribution < 1.29 is 8.42 Å². The summed E-state index contributed by atoms with van der Waals surface area (Å²) < 4.78 is 24.1. The van der Waals surface area contributed by atoms with Crippen LogP contribution >= 0.6 is 27.5 Å². The Morgan fingerprint density at radius 1 is 1.47 bits per heavy atom. The van der Waals surface area contributed by atoms with Gasteiger partial charge in [0.05, 0.1) is 6.26 Å². The van der Waals surface area contributed by atoms with Crippen molar-refractivity contribution in [1.82, 2.24) is 13.9 Å².